The molecular weight excluding hydrogens is 290 g/mol. The van der Waals surface area contributed by atoms with Crippen molar-refractivity contribution in [3.63, 3.8) is 0 Å². The van der Waals surface area contributed by atoms with Crippen LogP contribution in [0.1, 0.15) is 12.5 Å². The zero-order valence-corrected chi connectivity index (χ0v) is 13.6. The molecule has 0 N–H and O–H groups in total. The SMILES string of the molecule is CCc1c2ccc3ccccc3c2nc2c1ccc1ccccc12. The van der Waals surface area contributed by atoms with Crippen molar-refractivity contribution in [2.24, 2.45) is 0 Å². The predicted octanol–water partition coefficient (Wildman–Crippen LogP) is 6.26. The molecule has 0 aliphatic heterocycles. The lowest BCUT2D eigenvalue weighted by molar-refractivity contribution is 1.17. The molecule has 0 radical (unpaired) electrons. The normalized spacial score (nSPS) is 11.7. The van der Waals surface area contributed by atoms with Crippen molar-refractivity contribution < 1.29 is 0 Å². The van der Waals surface area contributed by atoms with Gasteiger partial charge in [0.1, 0.15) is 0 Å². The maximum atomic E-state index is 5.14. The van der Waals surface area contributed by atoms with Gasteiger partial charge in [0.2, 0.25) is 0 Å². The van der Waals surface area contributed by atoms with Gasteiger partial charge in [-0.3, -0.25) is 0 Å². The summed E-state index contributed by atoms with van der Waals surface area (Å²) in [7, 11) is 0. The highest BCUT2D eigenvalue weighted by Gasteiger charge is 2.12. The summed E-state index contributed by atoms with van der Waals surface area (Å²) < 4.78 is 0. The second-order valence-electron chi connectivity index (χ2n) is 6.31. The summed E-state index contributed by atoms with van der Waals surface area (Å²) in [6.07, 6.45) is 1.01. The van der Waals surface area contributed by atoms with E-state index in [1.54, 1.807) is 0 Å². The van der Waals surface area contributed by atoms with Gasteiger partial charge in [-0.2, -0.15) is 0 Å². The highest BCUT2D eigenvalue weighted by atomic mass is 14.7. The summed E-state index contributed by atoms with van der Waals surface area (Å²) in [6, 6.07) is 26.0. The van der Waals surface area contributed by atoms with Gasteiger partial charge in [0.25, 0.3) is 0 Å². The van der Waals surface area contributed by atoms with Crippen LogP contribution < -0.4 is 0 Å². The zero-order valence-electron chi connectivity index (χ0n) is 13.6. The molecule has 0 saturated heterocycles. The molecule has 1 heterocycles. The van der Waals surface area contributed by atoms with Crippen LogP contribution in [0.2, 0.25) is 0 Å². The molecule has 24 heavy (non-hydrogen) atoms. The van der Waals surface area contributed by atoms with E-state index in [0.29, 0.717) is 0 Å². The minimum absolute atomic E-state index is 1.01. The van der Waals surface area contributed by atoms with Crippen LogP contribution in [0.25, 0.3) is 43.4 Å². The number of hydrogen-bond donors (Lipinski definition) is 0. The van der Waals surface area contributed by atoms with Crippen LogP contribution >= 0.6 is 0 Å². The first-order valence-corrected chi connectivity index (χ1v) is 8.48. The van der Waals surface area contributed by atoms with Crippen LogP contribution in [0.5, 0.6) is 0 Å². The minimum atomic E-state index is 1.01. The van der Waals surface area contributed by atoms with Crippen molar-refractivity contribution in [3.8, 4) is 0 Å². The van der Waals surface area contributed by atoms with E-state index in [4.69, 9.17) is 4.98 Å². The first kappa shape index (κ1) is 13.5. The van der Waals surface area contributed by atoms with Crippen LogP contribution in [-0.2, 0) is 6.42 Å². The van der Waals surface area contributed by atoms with Gasteiger partial charge in [-0.15, -0.1) is 0 Å². The van der Waals surface area contributed by atoms with Gasteiger partial charge >= 0.3 is 0 Å². The summed E-state index contributed by atoms with van der Waals surface area (Å²) in [5, 5.41) is 7.52. The Hall–Kier alpha value is -2.93. The third-order valence-electron chi connectivity index (χ3n) is 5.03. The predicted molar refractivity (Wildman–Crippen MR) is 104 cm³/mol. The first-order chi connectivity index (χ1) is 11.9. The molecule has 114 valence electrons. The third kappa shape index (κ3) is 1.78. The second-order valence-corrected chi connectivity index (χ2v) is 6.31. The molecule has 4 aromatic carbocycles. The second kappa shape index (κ2) is 5.04. The Balaban J connectivity index is 2.10. The molecule has 0 atom stereocenters. The molecule has 0 aliphatic rings. The van der Waals surface area contributed by atoms with Crippen molar-refractivity contribution in [1.29, 1.82) is 0 Å². The fourth-order valence-electron chi connectivity index (χ4n) is 3.88. The molecule has 1 heteroatoms. The lowest BCUT2D eigenvalue weighted by atomic mass is 9.95. The molecule has 1 nitrogen and oxygen atoms in total. The molecule has 0 fully saturated rings. The first-order valence-electron chi connectivity index (χ1n) is 8.48. The Bertz CT molecular complexity index is 1140. The Morgan fingerprint density at radius 1 is 0.583 bits per heavy atom. The lowest BCUT2D eigenvalue weighted by Crippen LogP contribution is -1.93. The molecule has 1 aromatic heterocycles. The van der Waals surface area contributed by atoms with E-state index in [1.807, 2.05) is 0 Å². The summed E-state index contributed by atoms with van der Waals surface area (Å²) >= 11 is 0. The highest BCUT2D eigenvalue weighted by Crippen LogP contribution is 2.34. The molecule has 5 aromatic rings. The van der Waals surface area contributed by atoms with E-state index in [2.05, 4.69) is 79.7 Å². The minimum Gasteiger partial charge on any atom is -0.246 e. The summed E-state index contributed by atoms with van der Waals surface area (Å²) in [6.45, 7) is 2.23. The zero-order chi connectivity index (χ0) is 16.1. The molecule has 0 bridgehead atoms. The van der Waals surface area contributed by atoms with Crippen molar-refractivity contribution in [2.45, 2.75) is 13.3 Å². The van der Waals surface area contributed by atoms with E-state index >= 15 is 0 Å². The number of fused-ring (bicyclic) bond motifs is 6. The number of hydrogen-bond acceptors (Lipinski definition) is 1. The van der Waals surface area contributed by atoms with Crippen molar-refractivity contribution in [3.05, 3.63) is 78.4 Å². The highest BCUT2D eigenvalue weighted by molar-refractivity contribution is 6.15. The van der Waals surface area contributed by atoms with Crippen LogP contribution in [0, 0.1) is 0 Å². The van der Waals surface area contributed by atoms with Gasteiger partial charge in [-0.25, -0.2) is 4.98 Å². The topological polar surface area (TPSA) is 12.9 Å². The van der Waals surface area contributed by atoms with E-state index in [0.717, 1.165) is 17.5 Å². The number of rotatable bonds is 1. The van der Waals surface area contributed by atoms with Gasteiger partial charge in [-0.05, 0) is 22.8 Å². The Kier molecular flexibility index (Phi) is 2.83. The standard InChI is InChI=1S/C23H17N/c1-2-17-20-13-11-15-7-3-5-9-18(15)22(20)24-23-19-10-6-4-8-16(19)12-14-21(17)23/h3-14H,2H2,1H3. The molecule has 5 rings (SSSR count). The summed E-state index contributed by atoms with van der Waals surface area (Å²) in [5.74, 6) is 0. The van der Waals surface area contributed by atoms with Gasteiger partial charge in [0.05, 0.1) is 11.0 Å². The van der Waals surface area contributed by atoms with Gasteiger partial charge < -0.3 is 0 Å². The maximum absolute atomic E-state index is 5.14. The van der Waals surface area contributed by atoms with Crippen LogP contribution in [0.15, 0.2) is 72.8 Å². The van der Waals surface area contributed by atoms with Gasteiger partial charge in [0.15, 0.2) is 0 Å². The van der Waals surface area contributed by atoms with Crippen molar-refractivity contribution >= 4 is 43.4 Å². The van der Waals surface area contributed by atoms with Crippen LogP contribution in [0.3, 0.4) is 0 Å². The molecule has 0 spiro atoms. The Labute approximate surface area is 140 Å². The lowest BCUT2D eigenvalue weighted by Gasteiger charge is -2.13. The summed E-state index contributed by atoms with van der Waals surface area (Å²) in [4.78, 5) is 5.14. The van der Waals surface area contributed by atoms with Crippen molar-refractivity contribution in [1.82, 2.24) is 4.98 Å². The number of pyridine rings is 1. The number of benzene rings is 4. The summed E-state index contributed by atoms with van der Waals surface area (Å²) in [5.41, 5.74) is 3.63. The third-order valence-corrected chi connectivity index (χ3v) is 5.03. The Morgan fingerprint density at radius 2 is 1.08 bits per heavy atom. The van der Waals surface area contributed by atoms with Crippen molar-refractivity contribution in [2.75, 3.05) is 0 Å². The molecule has 0 unspecified atom stereocenters. The number of aryl methyl sites for hydroxylation is 1. The van der Waals surface area contributed by atoms with E-state index in [-0.39, 0.29) is 0 Å². The average molecular weight is 307 g/mol. The molecule has 0 amide bonds. The van der Waals surface area contributed by atoms with E-state index in [9.17, 15) is 0 Å². The fraction of sp³-hybridized carbons (Fsp3) is 0.0870. The fourth-order valence-corrected chi connectivity index (χ4v) is 3.88. The number of aromatic nitrogens is 1. The molecular formula is C23H17N. The van der Waals surface area contributed by atoms with E-state index in [1.165, 1.54) is 37.9 Å². The van der Waals surface area contributed by atoms with E-state index < -0.39 is 0 Å². The monoisotopic (exact) mass is 307 g/mol. The van der Waals surface area contributed by atoms with Gasteiger partial charge in [0, 0.05) is 21.5 Å². The molecule has 0 saturated carbocycles. The maximum Gasteiger partial charge on any atom is 0.0791 e. The quantitative estimate of drug-likeness (QED) is 0.263. The largest absolute Gasteiger partial charge is 0.246 e. The Morgan fingerprint density at radius 3 is 1.58 bits per heavy atom. The smallest absolute Gasteiger partial charge is 0.0791 e. The van der Waals surface area contributed by atoms with Crippen LogP contribution in [0.4, 0.5) is 0 Å². The molecule has 0 aliphatic carbocycles. The van der Waals surface area contributed by atoms with Crippen LogP contribution in [-0.4, -0.2) is 4.98 Å². The van der Waals surface area contributed by atoms with Gasteiger partial charge in [-0.1, -0.05) is 79.7 Å². The average Bonchev–Trinajstić information content (AvgIpc) is 2.66. The number of nitrogens with zero attached hydrogens (tertiary/aromatic N) is 1.